The quantitative estimate of drug-likeness (QED) is 0.702. The predicted molar refractivity (Wildman–Crippen MR) is 65.5 cm³/mol. The summed E-state index contributed by atoms with van der Waals surface area (Å²) >= 11 is 0. The standard InChI is InChI=1S/C13H14BNO2/c1-2-9-10-5-8(14)3-4-11(10)13(6-17-7-13)15-12(9)16/h3-5,9H,2,6-7H2,1H3,(H,15,16). The van der Waals surface area contributed by atoms with Gasteiger partial charge in [0.2, 0.25) is 5.91 Å². The van der Waals surface area contributed by atoms with Crippen LogP contribution in [0.5, 0.6) is 0 Å². The number of fused-ring (bicyclic) bond motifs is 2. The molecule has 3 nitrogen and oxygen atoms in total. The van der Waals surface area contributed by atoms with Crippen molar-refractivity contribution in [3.05, 3.63) is 29.3 Å². The van der Waals surface area contributed by atoms with Gasteiger partial charge in [-0.1, -0.05) is 30.6 Å². The van der Waals surface area contributed by atoms with Crippen molar-refractivity contribution >= 4 is 19.2 Å². The molecular formula is C13H14BNO2. The molecular weight excluding hydrogens is 213 g/mol. The largest absolute Gasteiger partial charge is 0.376 e. The van der Waals surface area contributed by atoms with Crippen LogP contribution in [0, 0.1) is 0 Å². The van der Waals surface area contributed by atoms with Crippen molar-refractivity contribution in [3.63, 3.8) is 0 Å². The lowest BCUT2D eigenvalue weighted by molar-refractivity contribution is -0.138. The van der Waals surface area contributed by atoms with E-state index in [9.17, 15) is 4.79 Å². The summed E-state index contributed by atoms with van der Waals surface area (Å²) in [6.07, 6.45) is 0.791. The Kier molecular flexibility index (Phi) is 2.30. The summed E-state index contributed by atoms with van der Waals surface area (Å²) in [6, 6.07) is 5.85. The lowest BCUT2D eigenvalue weighted by atomic mass is 9.74. The van der Waals surface area contributed by atoms with E-state index >= 15 is 0 Å². The molecule has 0 bridgehead atoms. The van der Waals surface area contributed by atoms with Crippen LogP contribution in [0.3, 0.4) is 0 Å². The Balaban J connectivity index is 2.16. The summed E-state index contributed by atoms with van der Waals surface area (Å²) in [7, 11) is 5.83. The van der Waals surface area contributed by atoms with Crippen LogP contribution in [-0.2, 0) is 15.1 Å². The molecule has 1 aromatic carbocycles. The number of rotatable bonds is 1. The third kappa shape index (κ3) is 1.44. The van der Waals surface area contributed by atoms with E-state index in [0.717, 1.165) is 12.0 Å². The second-order valence-electron chi connectivity index (χ2n) is 4.87. The van der Waals surface area contributed by atoms with Crippen LogP contribution in [-0.4, -0.2) is 27.0 Å². The van der Waals surface area contributed by atoms with E-state index in [0.29, 0.717) is 18.7 Å². The van der Waals surface area contributed by atoms with Crippen molar-refractivity contribution in [2.75, 3.05) is 13.2 Å². The van der Waals surface area contributed by atoms with Crippen molar-refractivity contribution < 1.29 is 9.53 Å². The topological polar surface area (TPSA) is 38.3 Å². The zero-order chi connectivity index (χ0) is 12.0. The molecule has 86 valence electrons. The Bertz CT molecular complexity index is 482. The number of benzene rings is 1. The highest BCUT2D eigenvalue weighted by Crippen LogP contribution is 2.39. The Labute approximate surface area is 102 Å². The highest BCUT2D eigenvalue weighted by Gasteiger charge is 2.48. The average molecular weight is 227 g/mol. The summed E-state index contributed by atoms with van der Waals surface area (Å²) in [5, 5.41) is 3.10. The van der Waals surface area contributed by atoms with E-state index in [1.165, 1.54) is 5.56 Å². The van der Waals surface area contributed by atoms with Crippen LogP contribution in [0.1, 0.15) is 30.4 Å². The van der Waals surface area contributed by atoms with Gasteiger partial charge in [-0.2, -0.15) is 0 Å². The SMILES string of the molecule is [B]c1ccc2c(c1)C(CC)C(=O)NC21COC1. The fraction of sp³-hybridized carbons (Fsp3) is 0.462. The first-order valence-corrected chi connectivity index (χ1v) is 5.96. The number of hydrogen-bond acceptors (Lipinski definition) is 2. The van der Waals surface area contributed by atoms with Crippen LogP contribution in [0.2, 0.25) is 0 Å². The van der Waals surface area contributed by atoms with Crippen LogP contribution < -0.4 is 10.8 Å². The summed E-state index contributed by atoms with van der Waals surface area (Å²) in [6.45, 7) is 3.14. The van der Waals surface area contributed by atoms with E-state index in [-0.39, 0.29) is 17.4 Å². The first-order chi connectivity index (χ1) is 8.16. The number of hydrogen-bond donors (Lipinski definition) is 1. The third-order valence-electron chi connectivity index (χ3n) is 3.75. The predicted octanol–water partition coefficient (Wildman–Crippen LogP) is 0.329. The van der Waals surface area contributed by atoms with Gasteiger partial charge in [-0.05, 0) is 17.5 Å². The zero-order valence-corrected chi connectivity index (χ0v) is 9.82. The first-order valence-electron chi connectivity index (χ1n) is 5.96. The number of amides is 1. The molecule has 1 aromatic rings. The molecule has 4 heteroatoms. The molecule has 1 spiro atoms. The average Bonchev–Trinajstić information content (AvgIpc) is 2.25. The maximum Gasteiger partial charge on any atom is 0.228 e. The fourth-order valence-electron chi connectivity index (χ4n) is 2.78. The van der Waals surface area contributed by atoms with E-state index in [4.69, 9.17) is 12.6 Å². The Hall–Kier alpha value is -1.29. The Morgan fingerprint density at radius 1 is 1.53 bits per heavy atom. The second-order valence-corrected chi connectivity index (χ2v) is 4.87. The summed E-state index contributed by atoms with van der Waals surface area (Å²) in [5.41, 5.74) is 2.66. The lowest BCUT2D eigenvalue weighted by Gasteiger charge is -2.47. The lowest BCUT2D eigenvalue weighted by Crippen LogP contribution is -2.63. The number of carbonyl (C=O) groups excluding carboxylic acids is 1. The van der Waals surface area contributed by atoms with E-state index < -0.39 is 0 Å². The molecule has 2 aliphatic heterocycles. The molecule has 2 aliphatic rings. The van der Waals surface area contributed by atoms with Gasteiger partial charge >= 0.3 is 0 Å². The van der Waals surface area contributed by atoms with Crippen molar-refractivity contribution in [1.29, 1.82) is 0 Å². The minimum absolute atomic E-state index is 0.0836. The minimum atomic E-state index is -0.300. The molecule has 1 fully saturated rings. The molecule has 2 radical (unpaired) electrons. The molecule has 17 heavy (non-hydrogen) atoms. The highest BCUT2D eigenvalue weighted by atomic mass is 16.5. The summed E-state index contributed by atoms with van der Waals surface area (Å²) in [5.74, 6) is 0.00799. The van der Waals surface area contributed by atoms with Crippen LogP contribution in [0.4, 0.5) is 0 Å². The molecule has 1 unspecified atom stereocenters. The number of ether oxygens (including phenoxy) is 1. The molecule has 2 heterocycles. The van der Waals surface area contributed by atoms with Gasteiger partial charge in [0.05, 0.1) is 19.1 Å². The molecule has 1 saturated heterocycles. The minimum Gasteiger partial charge on any atom is -0.376 e. The van der Waals surface area contributed by atoms with E-state index in [2.05, 4.69) is 5.32 Å². The van der Waals surface area contributed by atoms with Gasteiger partial charge < -0.3 is 10.1 Å². The maximum atomic E-state index is 12.1. The van der Waals surface area contributed by atoms with Gasteiger partial charge in [-0.15, -0.1) is 0 Å². The van der Waals surface area contributed by atoms with Gasteiger partial charge in [-0.3, -0.25) is 4.79 Å². The molecule has 1 N–H and O–H groups in total. The van der Waals surface area contributed by atoms with Crippen LogP contribution >= 0.6 is 0 Å². The van der Waals surface area contributed by atoms with Crippen molar-refractivity contribution in [1.82, 2.24) is 5.32 Å². The van der Waals surface area contributed by atoms with Crippen LogP contribution in [0.15, 0.2) is 18.2 Å². The molecule has 0 aromatic heterocycles. The van der Waals surface area contributed by atoms with Gasteiger partial charge in [0.1, 0.15) is 13.4 Å². The number of nitrogens with one attached hydrogen (secondary N) is 1. The van der Waals surface area contributed by atoms with Gasteiger partial charge in [0.25, 0.3) is 0 Å². The summed E-state index contributed by atoms with van der Waals surface area (Å²) in [4.78, 5) is 12.1. The first kappa shape index (κ1) is 10.8. The molecule has 3 rings (SSSR count). The Morgan fingerprint density at radius 2 is 2.29 bits per heavy atom. The highest BCUT2D eigenvalue weighted by molar-refractivity contribution is 6.32. The smallest absolute Gasteiger partial charge is 0.228 e. The zero-order valence-electron chi connectivity index (χ0n) is 9.82. The van der Waals surface area contributed by atoms with Gasteiger partial charge in [-0.25, -0.2) is 0 Å². The Morgan fingerprint density at radius 3 is 2.88 bits per heavy atom. The monoisotopic (exact) mass is 227 g/mol. The normalized spacial score (nSPS) is 25.0. The maximum absolute atomic E-state index is 12.1. The van der Waals surface area contributed by atoms with E-state index in [1.807, 2.05) is 25.1 Å². The summed E-state index contributed by atoms with van der Waals surface area (Å²) < 4.78 is 5.27. The molecule has 1 atom stereocenters. The van der Waals surface area contributed by atoms with Crippen molar-refractivity contribution in [2.45, 2.75) is 24.8 Å². The fourth-order valence-corrected chi connectivity index (χ4v) is 2.78. The molecule has 0 aliphatic carbocycles. The van der Waals surface area contributed by atoms with Gasteiger partial charge in [0.15, 0.2) is 0 Å². The van der Waals surface area contributed by atoms with Gasteiger partial charge in [0, 0.05) is 0 Å². The third-order valence-corrected chi connectivity index (χ3v) is 3.75. The second kappa shape index (κ2) is 3.60. The molecule has 1 amide bonds. The number of carbonyl (C=O) groups is 1. The van der Waals surface area contributed by atoms with E-state index in [1.54, 1.807) is 0 Å². The van der Waals surface area contributed by atoms with Crippen molar-refractivity contribution in [2.24, 2.45) is 0 Å². The van der Waals surface area contributed by atoms with Crippen molar-refractivity contribution in [3.8, 4) is 0 Å². The van der Waals surface area contributed by atoms with Crippen LogP contribution in [0.25, 0.3) is 0 Å². The molecule has 0 saturated carbocycles.